The van der Waals surface area contributed by atoms with Crippen LogP contribution in [0.1, 0.15) is 97.0 Å². The number of nitrogens with zero attached hydrogens (tertiary/aromatic N) is 1. The molecular weight excluding hydrogens is 522 g/mol. The Hall–Kier alpha value is -2.21. The van der Waals surface area contributed by atoms with Crippen molar-refractivity contribution in [3.63, 3.8) is 0 Å². The summed E-state index contributed by atoms with van der Waals surface area (Å²) < 4.78 is 0. The second-order valence-corrected chi connectivity index (χ2v) is 14.5. The first kappa shape index (κ1) is 31.2. The van der Waals surface area contributed by atoms with E-state index in [0.29, 0.717) is 37.0 Å². The quantitative estimate of drug-likeness (QED) is 0.293. The van der Waals surface area contributed by atoms with E-state index in [1.165, 1.54) is 36.8 Å². The molecule has 1 heterocycles. The first-order valence-electron chi connectivity index (χ1n) is 16.5. The van der Waals surface area contributed by atoms with Crippen LogP contribution in [0.5, 0.6) is 0 Å². The van der Waals surface area contributed by atoms with E-state index in [2.05, 4.69) is 56.8 Å². The number of carbonyl (C=O) groups is 1. The molecule has 1 aromatic rings. The zero-order valence-corrected chi connectivity index (χ0v) is 26.1. The van der Waals surface area contributed by atoms with Gasteiger partial charge in [-0.05, 0) is 111 Å². The Kier molecular flexibility index (Phi) is 9.51. The lowest BCUT2D eigenvalue weighted by Gasteiger charge is -2.45. The van der Waals surface area contributed by atoms with Crippen molar-refractivity contribution >= 4 is 5.91 Å². The van der Waals surface area contributed by atoms with Crippen molar-refractivity contribution in [3.05, 3.63) is 71.3 Å². The van der Waals surface area contributed by atoms with Crippen molar-refractivity contribution in [2.75, 3.05) is 6.54 Å². The molecule has 4 aliphatic rings. The summed E-state index contributed by atoms with van der Waals surface area (Å²) >= 11 is 0. The average Bonchev–Trinajstić information content (AvgIpc) is 3.41. The number of aliphatic hydroxyl groups is 3. The number of allylic oxidation sites excluding steroid dienone is 3. The predicted octanol–water partition coefficient (Wildman–Crippen LogP) is 6.53. The third kappa shape index (κ3) is 6.49. The number of rotatable bonds is 9. The van der Waals surface area contributed by atoms with Crippen molar-refractivity contribution in [1.82, 2.24) is 4.90 Å². The van der Waals surface area contributed by atoms with E-state index in [-0.39, 0.29) is 17.4 Å². The van der Waals surface area contributed by atoms with Crippen LogP contribution in [0.2, 0.25) is 0 Å². The molecule has 8 atom stereocenters. The van der Waals surface area contributed by atoms with E-state index in [9.17, 15) is 20.1 Å². The molecule has 5 rings (SSSR count). The van der Waals surface area contributed by atoms with Gasteiger partial charge in [-0.3, -0.25) is 4.79 Å². The summed E-state index contributed by atoms with van der Waals surface area (Å²) in [5.41, 5.74) is 3.54. The molecule has 1 saturated heterocycles. The second-order valence-electron chi connectivity index (χ2n) is 14.5. The predicted molar refractivity (Wildman–Crippen MR) is 169 cm³/mol. The fourth-order valence-corrected chi connectivity index (χ4v) is 9.15. The number of likely N-dealkylation sites (tertiary alicyclic amines) is 1. The molecule has 4 fully saturated rings. The SMILES string of the molecule is C=C1/C(=C\C=C2/CCC[C@]3(C)[C@@H]([C@H](C)CC4CC(C)(O)C(=O)N4CCCCc4ccccc4)CC[C@@H]23)C[C@@H](O)C[C@@H]1O. The molecular formula is C37H53NO4. The Labute approximate surface area is 253 Å². The van der Waals surface area contributed by atoms with Crippen LogP contribution in [-0.4, -0.2) is 56.5 Å². The van der Waals surface area contributed by atoms with Gasteiger partial charge in [0.05, 0.1) is 12.2 Å². The Morgan fingerprint density at radius 3 is 2.64 bits per heavy atom. The molecule has 1 aliphatic heterocycles. The van der Waals surface area contributed by atoms with Gasteiger partial charge in [-0.25, -0.2) is 0 Å². The van der Waals surface area contributed by atoms with E-state index in [0.717, 1.165) is 49.8 Å². The number of aryl methyl sites for hydroxylation is 1. The largest absolute Gasteiger partial charge is 0.393 e. The highest BCUT2D eigenvalue weighted by atomic mass is 16.3. The highest BCUT2D eigenvalue weighted by Gasteiger charge is 2.53. The lowest BCUT2D eigenvalue weighted by molar-refractivity contribution is -0.142. The Balaban J connectivity index is 1.23. The maximum atomic E-state index is 13.2. The van der Waals surface area contributed by atoms with Crippen LogP contribution in [0, 0.1) is 23.2 Å². The summed E-state index contributed by atoms with van der Waals surface area (Å²) in [7, 11) is 0. The van der Waals surface area contributed by atoms with Crippen molar-refractivity contribution in [2.45, 2.75) is 122 Å². The normalized spacial score (nSPS) is 38.0. The van der Waals surface area contributed by atoms with E-state index < -0.39 is 17.8 Å². The number of benzene rings is 1. The maximum Gasteiger partial charge on any atom is 0.254 e. The maximum absolute atomic E-state index is 13.2. The molecule has 230 valence electrons. The fourth-order valence-electron chi connectivity index (χ4n) is 9.15. The zero-order chi connectivity index (χ0) is 30.1. The summed E-state index contributed by atoms with van der Waals surface area (Å²) in [6, 6.07) is 10.6. The zero-order valence-electron chi connectivity index (χ0n) is 26.1. The molecule has 3 saturated carbocycles. The number of hydrogen-bond donors (Lipinski definition) is 3. The van der Waals surface area contributed by atoms with Gasteiger partial charge in [-0.15, -0.1) is 0 Å². The van der Waals surface area contributed by atoms with Crippen LogP contribution < -0.4 is 0 Å². The van der Waals surface area contributed by atoms with Gasteiger partial charge in [0, 0.05) is 25.4 Å². The molecule has 42 heavy (non-hydrogen) atoms. The third-order valence-corrected chi connectivity index (χ3v) is 11.4. The first-order valence-corrected chi connectivity index (χ1v) is 16.5. The second kappa shape index (κ2) is 12.8. The minimum absolute atomic E-state index is 0.0922. The van der Waals surface area contributed by atoms with Gasteiger partial charge in [-0.1, -0.05) is 68.5 Å². The van der Waals surface area contributed by atoms with Gasteiger partial charge in [0.2, 0.25) is 0 Å². The minimum atomic E-state index is -1.26. The summed E-state index contributed by atoms with van der Waals surface area (Å²) in [4.78, 5) is 15.2. The first-order chi connectivity index (χ1) is 20.0. The van der Waals surface area contributed by atoms with Crippen molar-refractivity contribution in [1.29, 1.82) is 0 Å². The molecule has 5 nitrogen and oxygen atoms in total. The molecule has 0 aromatic heterocycles. The van der Waals surface area contributed by atoms with Gasteiger partial charge in [0.15, 0.2) is 0 Å². The summed E-state index contributed by atoms with van der Waals surface area (Å²) in [6.07, 6.45) is 14.6. The molecule has 2 unspecified atom stereocenters. The van der Waals surface area contributed by atoms with E-state index in [1.807, 2.05) is 11.0 Å². The summed E-state index contributed by atoms with van der Waals surface area (Å²) in [6.45, 7) is 11.4. The van der Waals surface area contributed by atoms with E-state index in [1.54, 1.807) is 6.92 Å². The number of fused-ring (bicyclic) bond motifs is 1. The topological polar surface area (TPSA) is 81.0 Å². The summed E-state index contributed by atoms with van der Waals surface area (Å²) in [5.74, 6) is 1.52. The Morgan fingerprint density at radius 2 is 1.88 bits per heavy atom. The van der Waals surface area contributed by atoms with Crippen LogP contribution in [0.3, 0.4) is 0 Å². The number of carbonyl (C=O) groups excluding carboxylic acids is 1. The van der Waals surface area contributed by atoms with Crippen LogP contribution in [-0.2, 0) is 11.2 Å². The number of aliphatic hydroxyl groups excluding tert-OH is 2. The Morgan fingerprint density at radius 1 is 1.12 bits per heavy atom. The number of unbranched alkanes of at least 4 members (excludes halogenated alkanes) is 1. The van der Waals surface area contributed by atoms with Gasteiger partial charge in [0.1, 0.15) is 5.60 Å². The highest BCUT2D eigenvalue weighted by Crippen LogP contribution is 2.60. The van der Waals surface area contributed by atoms with Gasteiger partial charge >= 0.3 is 0 Å². The molecule has 1 amide bonds. The fraction of sp³-hybridized carbons (Fsp3) is 0.649. The van der Waals surface area contributed by atoms with Crippen molar-refractivity contribution in [2.24, 2.45) is 23.2 Å². The summed E-state index contributed by atoms with van der Waals surface area (Å²) in [5, 5.41) is 31.4. The monoisotopic (exact) mass is 575 g/mol. The molecule has 0 bridgehead atoms. The molecule has 3 N–H and O–H groups in total. The molecule has 5 heteroatoms. The standard InChI is InChI=1S/C37H53NO4/c1-25(21-30-24-37(4,42)35(41)38(30)20-9-8-13-27-11-6-5-7-12-27)32-17-18-33-28(14-10-19-36(32,33)3)15-16-29-22-31(39)23-34(40)26(29)2/h5-7,11-12,15-16,25,30-34,39-40,42H,2,8-10,13-14,17-24H2,1,3-4H3/b28-15+,29-16-/t25-,30?,31-,32-,33+,34+,36-,37?/m1/s1. The minimum Gasteiger partial charge on any atom is -0.393 e. The van der Waals surface area contributed by atoms with Gasteiger partial charge in [0.25, 0.3) is 5.91 Å². The highest BCUT2D eigenvalue weighted by molar-refractivity contribution is 5.87. The third-order valence-electron chi connectivity index (χ3n) is 11.4. The van der Waals surface area contributed by atoms with Crippen LogP contribution >= 0.6 is 0 Å². The van der Waals surface area contributed by atoms with Crippen LogP contribution in [0.25, 0.3) is 0 Å². The molecule has 3 aliphatic carbocycles. The van der Waals surface area contributed by atoms with Crippen LogP contribution in [0.4, 0.5) is 0 Å². The smallest absolute Gasteiger partial charge is 0.254 e. The van der Waals surface area contributed by atoms with E-state index >= 15 is 0 Å². The van der Waals surface area contributed by atoms with Crippen molar-refractivity contribution in [3.8, 4) is 0 Å². The van der Waals surface area contributed by atoms with Gasteiger partial charge in [-0.2, -0.15) is 0 Å². The Bertz CT molecular complexity index is 1190. The molecule has 0 spiro atoms. The number of hydrogen-bond acceptors (Lipinski definition) is 4. The lowest BCUT2D eigenvalue weighted by Crippen LogP contribution is -2.41. The average molecular weight is 576 g/mol. The number of amides is 1. The molecule has 1 aromatic carbocycles. The van der Waals surface area contributed by atoms with Gasteiger partial charge < -0.3 is 20.2 Å². The van der Waals surface area contributed by atoms with E-state index in [4.69, 9.17) is 0 Å². The van der Waals surface area contributed by atoms with Crippen LogP contribution in [0.15, 0.2) is 65.8 Å². The lowest BCUT2D eigenvalue weighted by atomic mass is 9.60. The molecule has 0 radical (unpaired) electrons. The van der Waals surface area contributed by atoms with Crippen molar-refractivity contribution < 1.29 is 20.1 Å².